The SMILES string of the molecule is CC(C)(C)c1ccc2c(c1)CC(NC(=O)Nc1cccc3c1cnn3C(=O)O)CN2Cc1ccccc1. The Morgan fingerprint density at radius 2 is 1.84 bits per heavy atom. The van der Waals surface area contributed by atoms with Gasteiger partial charge in [0.05, 0.1) is 23.4 Å². The van der Waals surface area contributed by atoms with Gasteiger partial charge in [0, 0.05) is 24.2 Å². The van der Waals surface area contributed by atoms with E-state index < -0.39 is 6.09 Å². The molecule has 3 aromatic carbocycles. The van der Waals surface area contributed by atoms with E-state index in [0.29, 0.717) is 23.1 Å². The predicted molar refractivity (Wildman–Crippen MR) is 145 cm³/mol. The summed E-state index contributed by atoms with van der Waals surface area (Å²) in [5, 5.41) is 19.9. The number of aromatic nitrogens is 2. The molecule has 0 saturated heterocycles. The number of carbonyl (C=O) groups is 2. The largest absolute Gasteiger partial charge is 0.463 e. The maximum absolute atomic E-state index is 13.1. The number of benzene rings is 3. The molecule has 2 heterocycles. The van der Waals surface area contributed by atoms with Crippen LogP contribution in [-0.4, -0.2) is 39.6 Å². The topological polar surface area (TPSA) is 99.5 Å². The lowest BCUT2D eigenvalue weighted by molar-refractivity contribution is 0.194. The third-order valence-electron chi connectivity index (χ3n) is 6.79. The van der Waals surface area contributed by atoms with Crippen LogP contribution in [0.15, 0.2) is 72.9 Å². The van der Waals surface area contributed by atoms with Gasteiger partial charge in [-0.05, 0) is 46.7 Å². The Hall–Kier alpha value is -4.33. The highest BCUT2D eigenvalue weighted by Gasteiger charge is 2.27. The van der Waals surface area contributed by atoms with Crippen molar-refractivity contribution >= 4 is 34.4 Å². The van der Waals surface area contributed by atoms with Crippen molar-refractivity contribution in [3.05, 3.63) is 89.6 Å². The minimum atomic E-state index is -1.18. The number of fused-ring (bicyclic) bond motifs is 2. The number of nitrogens with zero attached hydrogens (tertiary/aromatic N) is 3. The van der Waals surface area contributed by atoms with Gasteiger partial charge in [0.2, 0.25) is 0 Å². The van der Waals surface area contributed by atoms with E-state index in [9.17, 15) is 14.7 Å². The van der Waals surface area contributed by atoms with Crippen molar-refractivity contribution in [2.75, 3.05) is 16.8 Å². The molecule has 0 bridgehead atoms. The summed E-state index contributed by atoms with van der Waals surface area (Å²) in [6.07, 6.45) is 0.996. The molecule has 0 fully saturated rings. The minimum Gasteiger partial charge on any atom is -0.463 e. The Morgan fingerprint density at radius 3 is 2.57 bits per heavy atom. The van der Waals surface area contributed by atoms with Crippen molar-refractivity contribution in [1.82, 2.24) is 15.1 Å². The van der Waals surface area contributed by atoms with Gasteiger partial charge in [-0.2, -0.15) is 9.78 Å². The summed E-state index contributed by atoms with van der Waals surface area (Å²) in [6.45, 7) is 8.03. The summed E-state index contributed by atoms with van der Waals surface area (Å²) >= 11 is 0. The van der Waals surface area contributed by atoms with Crippen LogP contribution in [0.1, 0.15) is 37.5 Å². The maximum atomic E-state index is 13.1. The molecule has 0 saturated carbocycles. The van der Waals surface area contributed by atoms with Crippen molar-refractivity contribution < 1.29 is 14.7 Å². The highest BCUT2D eigenvalue weighted by molar-refractivity contribution is 6.02. The second kappa shape index (κ2) is 9.61. The van der Waals surface area contributed by atoms with Crippen LogP contribution in [0.5, 0.6) is 0 Å². The summed E-state index contributed by atoms with van der Waals surface area (Å²) < 4.78 is 0.894. The van der Waals surface area contributed by atoms with Gasteiger partial charge in [-0.1, -0.05) is 69.3 Å². The van der Waals surface area contributed by atoms with E-state index in [2.05, 4.69) is 71.7 Å². The average molecular weight is 498 g/mol. The summed E-state index contributed by atoms with van der Waals surface area (Å²) in [5.74, 6) is 0. The Morgan fingerprint density at radius 1 is 1.05 bits per heavy atom. The van der Waals surface area contributed by atoms with Crippen molar-refractivity contribution in [3.63, 3.8) is 0 Å². The third-order valence-corrected chi connectivity index (χ3v) is 6.79. The zero-order valence-corrected chi connectivity index (χ0v) is 21.2. The Bertz CT molecular complexity index is 1460. The average Bonchev–Trinajstić information content (AvgIpc) is 3.29. The van der Waals surface area contributed by atoms with Gasteiger partial charge in [0.15, 0.2) is 0 Å². The van der Waals surface area contributed by atoms with Crippen LogP contribution >= 0.6 is 0 Å². The first-order chi connectivity index (χ1) is 17.7. The van der Waals surface area contributed by atoms with Gasteiger partial charge in [-0.15, -0.1) is 0 Å². The lowest BCUT2D eigenvalue weighted by atomic mass is 9.84. The van der Waals surface area contributed by atoms with E-state index in [1.807, 2.05) is 18.2 Å². The molecule has 8 heteroatoms. The summed E-state index contributed by atoms with van der Waals surface area (Å²) in [4.78, 5) is 26.8. The molecule has 0 spiro atoms. The number of carboxylic acid groups (broad SMARTS) is 1. The molecule has 0 radical (unpaired) electrons. The van der Waals surface area contributed by atoms with E-state index in [1.54, 1.807) is 18.2 Å². The second-order valence-corrected chi connectivity index (χ2v) is 10.5. The monoisotopic (exact) mass is 497 g/mol. The second-order valence-electron chi connectivity index (χ2n) is 10.5. The fourth-order valence-electron chi connectivity index (χ4n) is 4.92. The van der Waals surface area contributed by atoms with E-state index >= 15 is 0 Å². The van der Waals surface area contributed by atoms with Crippen molar-refractivity contribution in [3.8, 4) is 0 Å². The first kappa shape index (κ1) is 24.4. The maximum Gasteiger partial charge on any atom is 0.432 e. The first-order valence-electron chi connectivity index (χ1n) is 12.4. The van der Waals surface area contributed by atoms with Crippen LogP contribution in [0.4, 0.5) is 21.0 Å². The molecule has 1 atom stereocenters. The molecule has 37 heavy (non-hydrogen) atoms. The van der Waals surface area contributed by atoms with Gasteiger partial charge in [-0.25, -0.2) is 9.59 Å². The summed E-state index contributed by atoms with van der Waals surface area (Å²) in [5.41, 5.74) is 5.83. The van der Waals surface area contributed by atoms with Gasteiger partial charge in [0.1, 0.15) is 0 Å². The highest BCUT2D eigenvalue weighted by atomic mass is 16.4. The molecular weight excluding hydrogens is 466 g/mol. The molecule has 3 N–H and O–H groups in total. The molecule has 4 aromatic rings. The third kappa shape index (κ3) is 5.14. The van der Waals surface area contributed by atoms with Gasteiger partial charge in [-0.3, -0.25) is 0 Å². The molecule has 190 valence electrons. The first-order valence-corrected chi connectivity index (χ1v) is 12.4. The van der Waals surface area contributed by atoms with Crippen molar-refractivity contribution in [2.45, 2.75) is 45.2 Å². The van der Waals surface area contributed by atoms with Gasteiger partial charge < -0.3 is 20.6 Å². The summed E-state index contributed by atoms with van der Waals surface area (Å²) in [7, 11) is 0. The molecule has 8 nitrogen and oxygen atoms in total. The van der Waals surface area contributed by atoms with Crippen molar-refractivity contribution in [1.29, 1.82) is 0 Å². The Labute approximate surface area is 215 Å². The molecule has 2 amide bonds. The number of hydrogen-bond acceptors (Lipinski definition) is 4. The lowest BCUT2D eigenvalue weighted by Gasteiger charge is -2.37. The molecule has 1 aliphatic heterocycles. The Balaban J connectivity index is 1.38. The number of rotatable bonds is 4. The van der Waals surface area contributed by atoms with Crippen LogP contribution in [0.25, 0.3) is 10.9 Å². The van der Waals surface area contributed by atoms with E-state index in [0.717, 1.165) is 17.6 Å². The quantitative estimate of drug-likeness (QED) is 0.340. The van der Waals surface area contributed by atoms with Crippen LogP contribution in [0, 0.1) is 0 Å². The predicted octanol–water partition coefficient (Wildman–Crippen LogP) is 5.61. The Kier molecular flexibility index (Phi) is 6.33. The molecule has 1 unspecified atom stereocenters. The van der Waals surface area contributed by atoms with Crippen LogP contribution < -0.4 is 15.5 Å². The van der Waals surface area contributed by atoms with E-state index in [1.165, 1.54) is 28.6 Å². The molecule has 5 rings (SSSR count). The van der Waals surface area contributed by atoms with Gasteiger partial charge >= 0.3 is 12.1 Å². The normalized spacial score (nSPS) is 15.3. The smallest absolute Gasteiger partial charge is 0.432 e. The highest BCUT2D eigenvalue weighted by Crippen LogP contribution is 2.33. The van der Waals surface area contributed by atoms with Crippen LogP contribution in [0.2, 0.25) is 0 Å². The van der Waals surface area contributed by atoms with E-state index in [-0.39, 0.29) is 17.5 Å². The number of amides is 2. The minimum absolute atomic E-state index is 0.0239. The lowest BCUT2D eigenvalue weighted by Crippen LogP contribution is -2.49. The van der Waals surface area contributed by atoms with Crippen LogP contribution in [-0.2, 0) is 18.4 Å². The van der Waals surface area contributed by atoms with Crippen molar-refractivity contribution in [2.24, 2.45) is 0 Å². The molecular formula is C29H31N5O3. The number of urea groups is 1. The number of nitrogens with one attached hydrogen (secondary N) is 2. The number of carbonyl (C=O) groups excluding carboxylic acids is 1. The molecule has 1 aromatic heterocycles. The summed E-state index contributed by atoms with van der Waals surface area (Å²) in [6, 6.07) is 21.7. The number of hydrogen-bond donors (Lipinski definition) is 3. The van der Waals surface area contributed by atoms with E-state index in [4.69, 9.17) is 0 Å². The molecule has 0 aliphatic carbocycles. The van der Waals surface area contributed by atoms with Crippen LogP contribution in [0.3, 0.4) is 0 Å². The fourth-order valence-corrected chi connectivity index (χ4v) is 4.92. The standard InChI is InChI=1S/C29H31N5O3/c1-29(2,3)21-12-13-25-20(14-21)15-22(18-33(25)17-19-8-5-4-6-9-19)31-27(35)32-24-10-7-11-26-23(24)16-30-34(26)28(36)37/h4-14,16,22H,15,17-18H2,1-3H3,(H,36,37)(H2,31,32,35). The zero-order valence-electron chi connectivity index (χ0n) is 21.2. The van der Waals surface area contributed by atoms with Gasteiger partial charge in [0.25, 0.3) is 0 Å². The number of anilines is 2. The zero-order chi connectivity index (χ0) is 26.2. The molecule has 1 aliphatic rings. The fraction of sp³-hybridized carbons (Fsp3) is 0.276.